The standard InChI is InChI=1S/C22H45NO4.H3N/c1-4-5-6-7-8-9-10-11-12-13-14-15-16-17-18-19-20-21-22(2,3)26-27-23(24)25;/h4-21H2,1-3H3;1H3. The third kappa shape index (κ3) is 23.2. The Kier molecular flexibility index (Phi) is 21.8. The van der Waals surface area contributed by atoms with E-state index >= 15 is 0 Å². The van der Waals surface area contributed by atoms with Crippen LogP contribution in [0, 0.1) is 10.1 Å². The number of hydrogen-bond donors (Lipinski definition) is 1. The predicted octanol–water partition coefficient (Wildman–Crippen LogP) is 8.11. The first-order chi connectivity index (χ1) is 13.0. The molecule has 0 unspecified atom stereocenters. The van der Waals surface area contributed by atoms with Gasteiger partial charge in [0.1, 0.15) is 0 Å². The van der Waals surface area contributed by atoms with Crippen molar-refractivity contribution in [1.82, 2.24) is 6.15 Å². The first-order valence-corrected chi connectivity index (χ1v) is 11.5. The van der Waals surface area contributed by atoms with Crippen molar-refractivity contribution in [2.45, 2.75) is 142 Å². The van der Waals surface area contributed by atoms with Crippen LogP contribution in [-0.4, -0.2) is 10.7 Å². The minimum Gasteiger partial charge on any atom is -0.344 e. The lowest BCUT2D eigenvalue weighted by atomic mass is 9.99. The highest BCUT2D eigenvalue weighted by Gasteiger charge is 2.20. The van der Waals surface area contributed by atoms with Gasteiger partial charge in [-0.25, -0.2) is 0 Å². The molecule has 3 N–H and O–H groups in total. The molecular formula is C22H48N2O4. The third-order valence-electron chi connectivity index (χ3n) is 5.21. The van der Waals surface area contributed by atoms with E-state index in [1.165, 1.54) is 96.3 Å². The lowest BCUT2D eigenvalue weighted by molar-refractivity contribution is -0.859. The van der Waals surface area contributed by atoms with Gasteiger partial charge in [-0.1, -0.05) is 116 Å². The van der Waals surface area contributed by atoms with Gasteiger partial charge >= 0.3 is 5.09 Å². The van der Waals surface area contributed by atoms with E-state index in [9.17, 15) is 10.1 Å². The molecule has 170 valence electrons. The van der Waals surface area contributed by atoms with Gasteiger partial charge in [0.15, 0.2) is 0 Å². The summed E-state index contributed by atoms with van der Waals surface area (Å²) in [6.07, 6.45) is 23.7. The van der Waals surface area contributed by atoms with Gasteiger partial charge in [-0.15, -0.1) is 15.1 Å². The van der Waals surface area contributed by atoms with Crippen molar-refractivity contribution in [1.29, 1.82) is 0 Å². The molecule has 6 nitrogen and oxygen atoms in total. The van der Waals surface area contributed by atoms with Gasteiger partial charge in [0.2, 0.25) is 0 Å². The van der Waals surface area contributed by atoms with E-state index in [1.807, 2.05) is 13.8 Å². The summed E-state index contributed by atoms with van der Waals surface area (Å²) in [5, 5.41) is 9.23. The van der Waals surface area contributed by atoms with Gasteiger partial charge in [0.25, 0.3) is 0 Å². The summed E-state index contributed by atoms with van der Waals surface area (Å²) in [7, 11) is 0. The summed E-state index contributed by atoms with van der Waals surface area (Å²) in [6, 6.07) is 0. The zero-order chi connectivity index (χ0) is 20.2. The van der Waals surface area contributed by atoms with Gasteiger partial charge < -0.3 is 6.15 Å². The van der Waals surface area contributed by atoms with Crippen LogP contribution in [-0.2, 0) is 9.88 Å². The summed E-state index contributed by atoms with van der Waals surface area (Å²) in [6.45, 7) is 5.92. The maximum Gasteiger partial charge on any atom is 0.322 e. The summed E-state index contributed by atoms with van der Waals surface area (Å²) in [5.41, 5.74) is -0.595. The zero-order valence-corrected chi connectivity index (χ0v) is 19.0. The minimum absolute atomic E-state index is 0. The second-order valence-corrected chi connectivity index (χ2v) is 8.55. The van der Waals surface area contributed by atoms with Crippen LogP contribution in [0.4, 0.5) is 0 Å². The number of unbranched alkanes of at least 4 members (excludes halogenated alkanes) is 16. The summed E-state index contributed by atoms with van der Waals surface area (Å²) < 4.78 is 0. The Hall–Kier alpha value is -0.880. The summed E-state index contributed by atoms with van der Waals surface area (Å²) >= 11 is 0. The number of rotatable bonds is 21. The number of hydrogen-bond acceptors (Lipinski definition) is 5. The highest BCUT2D eigenvalue weighted by atomic mass is 17.3. The molecule has 0 radical (unpaired) electrons. The monoisotopic (exact) mass is 404 g/mol. The van der Waals surface area contributed by atoms with Gasteiger partial charge in [0.05, 0.1) is 5.60 Å². The maximum absolute atomic E-state index is 10.1. The van der Waals surface area contributed by atoms with Crippen LogP contribution in [0.5, 0.6) is 0 Å². The highest BCUT2D eigenvalue weighted by molar-refractivity contribution is 4.66. The number of nitrogens with zero attached hydrogens (tertiary/aromatic N) is 1. The maximum atomic E-state index is 10.1. The molecule has 0 aromatic heterocycles. The summed E-state index contributed by atoms with van der Waals surface area (Å²) in [4.78, 5) is 19.0. The normalized spacial score (nSPS) is 11.2. The molecule has 6 heteroatoms. The van der Waals surface area contributed by atoms with E-state index in [1.54, 1.807) is 0 Å². The molecule has 0 saturated heterocycles. The SMILES string of the molecule is CCCCCCCCCCCCCCCCCCCC(C)(C)OO[N+](=O)[O-].N. The van der Waals surface area contributed by atoms with Crippen molar-refractivity contribution in [2.24, 2.45) is 0 Å². The van der Waals surface area contributed by atoms with Crippen molar-refractivity contribution in [2.75, 3.05) is 0 Å². The van der Waals surface area contributed by atoms with Crippen molar-refractivity contribution in [3.63, 3.8) is 0 Å². The largest absolute Gasteiger partial charge is 0.344 e. The Labute approximate surface area is 173 Å². The van der Waals surface area contributed by atoms with E-state index < -0.39 is 10.7 Å². The molecule has 0 spiro atoms. The highest BCUT2D eigenvalue weighted by Crippen LogP contribution is 2.20. The van der Waals surface area contributed by atoms with Crippen LogP contribution in [0.15, 0.2) is 0 Å². The quantitative estimate of drug-likeness (QED) is 0.0901. The molecule has 0 aliphatic rings. The van der Waals surface area contributed by atoms with E-state index in [-0.39, 0.29) is 6.15 Å². The Morgan fingerprint density at radius 1 is 0.679 bits per heavy atom. The zero-order valence-electron chi connectivity index (χ0n) is 19.0. The lowest BCUT2D eigenvalue weighted by Crippen LogP contribution is -2.25. The molecule has 0 rings (SSSR count). The van der Waals surface area contributed by atoms with E-state index in [4.69, 9.17) is 4.89 Å². The molecule has 0 aromatic carbocycles. The van der Waals surface area contributed by atoms with Crippen LogP contribution in [0.1, 0.15) is 136 Å². The topological polar surface area (TPSA) is 96.6 Å². The van der Waals surface area contributed by atoms with Crippen molar-refractivity contribution < 1.29 is 15.0 Å². The van der Waals surface area contributed by atoms with Crippen molar-refractivity contribution in [3.05, 3.63) is 10.1 Å². The second kappa shape index (κ2) is 20.8. The van der Waals surface area contributed by atoms with Crippen LogP contribution in [0.25, 0.3) is 0 Å². The fourth-order valence-corrected chi connectivity index (χ4v) is 3.45. The molecule has 0 atom stereocenters. The molecule has 0 aliphatic carbocycles. The van der Waals surface area contributed by atoms with Crippen LogP contribution >= 0.6 is 0 Å². The summed E-state index contributed by atoms with van der Waals surface area (Å²) in [5.74, 6) is 0. The van der Waals surface area contributed by atoms with Gasteiger partial charge in [0, 0.05) is 0 Å². The Morgan fingerprint density at radius 3 is 1.32 bits per heavy atom. The first-order valence-electron chi connectivity index (χ1n) is 11.5. The lowest BCUT2D eigenvalue weighted by Gasteiger charge is -2.21. The average molecular weight is 405 g/mol. The smallest absolute Gasteiger partial charge is 0.322 e. The van der Waals surface area contributed by atoms with E-state index in [2.05, 4.69) is 11.9 Å². The van der Waals surface area contributed by atoms with Crippen molar-refractivity contribution >= 4 is 0 Å². The molecule has 0 aromatic rings. The van der Waals surface area contributed by atoms with Gasteiger partial charge in [-0.05, 0) is 20.3 Å². The van der Waals surface area contributed by atoms with Crippen LogP contribution in [0.2, 0.25) is 0 Å². The third-order valence-corrected chi connectivity index (χ3v) is 5.21. The molecule has 0 saturated carbocycles. The minimum atomic E-state index is -0.906. The Bertz CT molecular complexity index is 338. The average Bonchev–Trinajstić information content (AvgIpc) is 2.62. The molecule has 0 amide bonds. The predicted molar refractivity (Wildman–Crippen MR) is 117 cm³/mol. The van der Waals surface area contributed by atoms with Gasteiger partial charge in [-0.3, -0.25) is 0 Å². The molecule has 0 bridgehead atoms. The Balaban J connectivity index is 0. The first kappa shape index (κ1) is 29.3. The Morgan fingerprint density at radius 2 is 1.00 bits per heavy atom. The second-order valence-electron chi connectivity index (χ2n) is 8.55. The molecular weight excluding hydrogens is 356 g/mol. The molecule has 0 heterocycles. The fraction of sp³-hybridized carbons (Fsp3) is 1.00. The molecule has 28 heavy (non-hydrogen) atoms. The molecule has 0 aliphatic heterocycles. The van der Waals surface area contributed by atoms with Crippen LogP contribution in [0.3, 0.4) is 0 Å². The molecule has 0 fully saturated rings. The van der Waals surface area contributed by atoms with Gasteiger partial charge in [-0.2, -0.15) is 4.89 Å². The van der Waals surface area contributed by atoms with E-state index in [0.29, 0.717) is 0 Å². The van der Waals surface area contributed by atoms with Crippen molar-refractivity contribution in [3.8, 4) is 0 Å². The fourth-order valence-electron chi connectivity index (χ4n) is 3.45. The van der Waals surface area contributed by atoms with Crippen LogP contribution < -0.4 is 6.15 Å². The van der Waals surface area contributed by atoms with E-state index in [0.717, 1.165) is 19.3 Å².